The summed E-state index contributed by atoms with van der Waals surface area (Å²) in [6.45, 7) is 2.20. The number of hydrogen-bond donors (Lipinski definition) is 2. The van der Waals surface area contributed by atoms with Gasteiger partial charge in [-0.15, -0.1) is 0 Å². The second kappa shape index (κ2) is 6.85. The lowest BCUT2D eigenvalue weighted by molar-refractivity contribution is 0.581. The van der Waals surface area contributed by atoms with Crippen LogP contribution in [0.15, 0.2) is 59.5 Å². The number of benzene rings is 2. The lowest BCUT2D eigenvalue weighted by Crippen LogP contribution is -2.26. The van der Waals surface area contributed by atoms with E-state index < -0.39 is 10.0 Å². The second-order valence-electron chi connectivity index (χ2n) is 4.99. The van der Waals surface area contributed by atoms with Crippen molar-refractivity contribution in [3.63, 3.8) is 0 Å². The zero-order valence-corrected chi connectivity index (χ0v) is 12.8. The summed E-state index contributed by atoms with van der Waals surface area (Å²) < 4.78 is 27.1. The molecule has 0 heterocycles. The largest absolute Gasteiger partial charge is 0.324 e. The molecule has 2 aromatic rings. The number of nitrogens with one attached hydrogen (secondary N) is 1. The average Bonchev–Trinajstić information content (AvgIpc) is 2.48. The van der Waals surface area contributed by atoms with Gasteiger partial charge in [-0.1, -0.05) is 42.5 Å². The first-order valence-electron chi connectivity index (χ1n) is 6.88. The summed E-state index contributed by atoms with van der Waals surface area (Å²) in [5.41, 5.74) is 7.69. The van der Waals surface area contributed by atoms with Gasteiger partial charge in [0, 0.05) is 12.6 Å². The van der Waals surface area contributed by atoms with Crippen LogP contribution < -0.4 is 10.5 Å². The summed E-state index contributed by atoms with van der Waals surface area (Å²) in [6, 6.07) is 16.3. The Hall–Kier alpha value is -1.69. The minimum atomic E-state index is -3.49. The third-order valence-electron chi connectivity index (χ3n) is 3.24. The summed E-state index contributed by atoms with van der Waals surface area (Å²) in [4.78, 5) is 0.255. The fourth-order valence-electron chi connectivity index (χ4n) is 2.02. The van der Waals surface area contributed by atoms with Crippen LogP contribution in [0.1, 0.15) is 24.1 Å². The highest BCUT2D eigenvalue weighted by atomic mass is 32.2. The lowest BCUT2D eigenvalue weighted by atomic mass is 10.1. The molecular weight excluding hydrogens is 284 g/mol. The highest BCUT2D eigenvalue weighted by molar-refractivity contribution is 7.89. The van der Waals surface area contributed by atoms with Crippen molar-refractivity contribution in [3.8, 4) is 0 Å². The standard InChI is InChI=1S/C16H20N2O2S/c1-13(17)15-8-5-9-16(12-15)21(19,20)18-11-10-14-6-3-2-4-7-14/h2-9,12-13,18H,10-11,17H2,1H3. The van der Waals surface area contributed by atoms with Crippen molar-refractivity contribution in [1.82, 2.24) is 4.72 Å². The third-order valence-corrected chi connectivity index (χ3v) is 4.70. The van der Waals surface area contributed by atoms with Crippen molar-refractivity contribution in [1.29, 1.82) is 0 Å². The van der Waals surface area contributed by atoms with E-state index in [9.17, 15) is 8.42 Å². The van der Waals surface area contributed by atoms with Crippen LogP contribution in [0.3, 0.4) is 0 Å². The summed E-state index contributed by atoms with van der Waals surface area (Å²) >= 11 is 0. The van der Waals surface area contributed by atoms with Crippen LogP contribution in [0.5, 0.6) is 0 Å². The van der Waals surface area contributed by atoms with Gasteiger partial charge in [0.05, 0.1) is 4.90 Å². The molecule has 2 rings (SSSR count). The van der Waals surface area contributed by atoms with Crippen molar-refractivity contribution in [2.45, 2.75) is 24.3 Å². The zero-order valence-electron chi connectivity index (χ0n) is 12.0. The van der Waals surface area contributed by atoms with Crippen molar-refractivity contribution >= 4 is 10.0 Å². The second-order valence-corrected chi connectivity index (χ2v) is 6.76. The van der Waals surface area contributed by atoms with Gasteiger partial charge >= 0.3 is 0 Å². The maximum atomic E-state index is 12.2. The first-order chi connectivity index (χ1) is 9.99. The molecule has 0 saturated heterocycles. The fourth-order valence-corrected chi connectivity index (χ4v) is 3.11. The highest BCUT2D eigenvalue weighted by Crippen LogP contribution is 2.15. The number of rotatable bonds is 6. The van der Waals surface area contributed by atoms with Crippen molar-refractivity contribution in [2.75, 3.05) is 6.54 Å². The first-order valence-corrected chi connectivity index (χ1v) is 8.36. The molecule has 0 aliphatic heterocycles. The Morgan fingerprint density at radius 3 is 2.48 bits per heavy atom. The molecule has 4 nitrogen and oxygen atoms in total. The van der Waals surface area contributed by atoms with Crippen LogP contribution in [0.4, 0.5) is 0 Å². The van der Waals surface area contributed by atoms with Crippen LogP contribution in [-0.4, -0.2) is 15.0 Å². The van der Waals surface area contributed by atoms with E-state index in [-0.39, 0.29) is 10.9 Å². The van der Waals surface area contributed by atoms with Gasteiger partial charge in [0.15, 0.2) is 0 Å². The number of nitrogens with two attached hydrogens (primary N) is 1. The summed E-state index contributed by atoms with van der Waals surface area (Å²) in [6.07, 6.45) is 0.660. The molecule has 0 aliphatic carbocycles. The molecule has 5 heteroatoms. The Labute approximate surface area is 126 Å². The molecule has 3 N–H and O–H groups in total. The molecule has 0 spiro atoms. The van der Waals surface area contributed by atoms with E-state index in [1.807, 2.05) is 43.3 Å². The normalized spacial score (nSPS) is 13.0. The smallest absolute Gasteiger partial charge is 0.240 e. The minimum absolute atomic E-state index is 0.190. The first kappa shape index (κ1) is 15.7. The molecule has 0 amide bonds. The predicted octanol–water partition coefficient (Wildman–Crippen LogP) is 2.23. The van der Waals surface area contributed by atoms with Gasteiger partial charge < -0.3 is 5.73 Å². The monoisotopic (exact) mass is 304 g/mol. The lowest BCUT2D eigenvalue weighted by Gasteiger charge is -2.10. The van der Waals surface area contributed by atoms with Crippen LogP contribution in [0, 0.1) is 0 Å². The molecule has 0 aliphatic rings. The molecule has 1 atom stereocenters. The molecular formula is C16H20N2O2S. The Morgan fingerprint density at radius 1 is 1.10 bits per heavy atom. The molecule has 112 valence electrons. The molecule has 0 aromatic heterocycles. The number of hydrogen-bond acceptors (Lipinski definition) is 3. The molecule has 1 unspecified atom stereocenters. The summed E-state index contributed by atoms with van der Waals surface area (Å²) in [5.74, 6) is 0. The Balaban J connectivity index is 2.03. The molecule has 0 bridgehead atoms. The van der Waals surface area contributed by atoms with Crippen molar-refractivity contribution < 1.29 is 8.42 Å². The van der Waals surface area contributed by atoms with Crippen LogP contribution in [-0.2, 0) is 16.4 Å². The van der Waals surface area contributed by atoms with E-state index in [4.69, 9.17) is 5.73 Å². The maximum Gasteiger partial charge on any atom is 0.240 e. The topological polar surface area (TPSA) is 72.2 Å². The molecule has 0 saturated carbocycles. The Bertz CT molecular complexity index is 682. The van der Waals surface area contributed by atoms with E-state index in [2.05, 4.69) is 4.72 Å². The zero-order chi connectivity index (χ0) is 15.3. The van der Waals surface area contributed by atoms with Gasteiger partial charge in [-0.25, -0.2) is 13.1 Å². The van der Waals surface area contributed by atoms with Crippen LogP contribution >= 0.6 is 0 Å². The highest BCUT2D eigenvalue weighted by Gasteiger charge is 2.14. The Morgan fingerprint density at radius 2 is 1.81 bits per heavy atom. The maximum absolute atomic E-state index is 12.2. The van der Waals surface area contributed by atoms with Crippen LogP contribution in [0.2, 0.25) is 0 Å². The van der Waals surface area contributed by atoms with Gasteiger partial charge in [-0.3, -0.25) is 0 Å². The van der Waals surface area contributed by atoms with E-state index in [0.717, 1.165) is 11.1 Å². The number of sulfonamides is 1. The minimum Gasteiger partial charge on any atom is -0.324 e. The molecule has 0 radical (unpaired) electrons. The third kappa shape index (κ3) is 4.39. The average molecular weight is 304 g/mol. The summed E-state index contributed by atoms with van der Waals surface area (Å²) in [5, 5.41) is 0. The summed E-state index contributed by atoms with van der Waals surface area (Å²) in [7, 11) is -3.49. The van der Waals surface area contributed by atoms with Gasteiger partial charge in [-0.2, -0.15) is 0 Å². The quantitative estimate of drug-likeness (QED) is 0.859. The van der Waals surface area contributed by atoms with Gasteiger partial charge in [-0.05, 0) is 36.6 Å². The van der Waals surface area contributed by atoms with E-state index >= 15 is 0 Å². The Kier molecular flexibility index (Phi) is 5.12. The predicted molar refractivity (Wildman–Crippen MR) is 84.4 cm³/mol. The van der Waals surface area contributed by atoms with Gasteiger partial charge in [0.25, 0.3) is 0 Å². The SMILES string of the molecule is CC(N)c1cccc(S(=O)(=O)NCCc2ccccc2)c1. The molecule has 21 heavy (non-hydrogen) atoms. The van der Waals surface area contributed by atoms with Crippen molar-refractivity contribution in [3.05, 3.63) is 65.7 Å². The van der Waals surface area contributed by atoms with Crippen LogP contribution in [0.25, 0.3) is 0 Å². The van der Waals surface area contributed by atoms with E-state index in [0.29, 0.717) is 13.0 Å². The molecule has 0 fully saturated rings. The van der Waals surface area contributed by atoms with Gasteiger partial charge in [0.1, 0.15) is 0 Å². The van der Waals surface area contributed by atoms with Gasteiger partial charge in [0.2, 0.25) is 10.0 Å². The van der Waals surface area contributed by atoms with Crippen molar-refractivity contribution in [2.24, 2.45) is 5.73 Å². The van der Waals surface area contributed by atoms with E-state index in [1.165, 1.54) is 0 Å². The van der Waals surface area contributed by atoms with E-state index in [1.54, 1.807) is 18.2 Å². The fraction of sp³-hybridized carbons (Fsp3) is 0.250. The molecule has 2 aromatic carbocycles.